The Labute approximate surface area is 105 Å². The summed E-state index contributed by atoms with van der Waals surface area (Å²) in [7, 11) is 1.37. The molecule has 94 valence electrons. The van der Waals surface area contributed by atoms with Crippen LogP contribution in [0.2, 0.25) is 0 Å². The summed E-state index contributed by atoms with van der Waals surface area (Å²) in [5.41, 5.74) is 6.27. The molecular weight excluding hydrogens is 236 g/mol. The molecule has 1 fully saturated rings. The molecule has 17 heavy (non-hydrogen) atoms. The van der Waals surface area contributed by atoms with Crippen molar-refractivity contribution in [2.75, 3.05) is 24.7 Å². The number of carbonyl (C=O) groups is 1. The van der Waals surface area contributed by atoms with Crippen LogP contribution in [0, 0.1) is 5.92 Å². The average Bonchev–Trinajstić information content (AvgIpc) is 2.94. The molecule has 5 heteroatoms. The number of rotatable bonds is 4. The van der Waals surface area contributed by atoms with Gasteiger partial charge in [0.1, 0.15) is 4.88 Å². The lowest BCUT2D eigenvalue weighted by Crippen LogP contribution is -2.09. The SMILES string of the molecule is COC(=O)c1sc(NCC2CCCC2)cc1N. The van der Waals surface area contributed by atoms with Gasteiger partial charge in [-0.2, -0.15) is 0 Å². The van der Waals surface area contributed by atoms with Crippen molar-refractivity contribution in [1.29, 1.82) is 0 Å². The second kappa shape index (κ2) is 5.40. The quantitative estimate of drug-likeness (QED) is 0.811. The Balaban J connectivity index is 1.94. The number of nitrogens with one attached hydrogen (secondary N) is 1. The van der Waals surface area contributed by atoms with Crippen LogP contribution < -0.4 is 11.1 Å². The lowest BCUT2D eigenvalue weighted by Gasteiger charge is -2.09. The topological polar surface area (TPSA) is 64.3 Å². The molecule has 2 rings (SSSR count). The van der Waals surface area contributed by atoms with Gasteiger partial charge in [0.25, 0.3) is 0 Å². The minimum Gasteiger partial charge on any atom is -0.465 e. The first kappa shape index (κ1) is 12.2. The van der Waals surface area contributed by atoms with E-state index in [0.29, 0.717) is 10.6 Å². The standard InChI is InChI=1S/C12H18N2O2S/c1-16-12(15)11-9(13)6-10(17-11)14-7-8-4-2-3-5-8/h6,8,14H,2-5,7,13H2,1H3. The number of esters is 1. The predicted molar refractivity (Wildman–Crippen MR) is 70.5 cm³/mol. The normalized spacial score (nSPS) is 16.1. The van der Waals surface area contributed by atoms with E-state index in [0.717, 1.165) is 17.5 Å². The largest absolute Gasteiger partial charge is 0.465 e. The van der Waals surface area contributed by atoms with Gasteiger partial charge in [0, 0.05) is 6.54 Å². The zero-order valence-corrected chi connectivity index (χ0v) is 10.8. The molecule has 0 aromatic carbocycles. The first-order valence-electron chi connectivity index (χ1n) is 5.92. The van der Waals surface area contributed by atoms with Crippen molar-refractivity contribution in [2.45, 2.75) is 25.7 Å². The average molecular weight is 254 g/mol. The molecule has 1 saturated carbocycles. The molecule has 0 spiro atoms. The summed E-state index contributed by atoms with van der Waals surface area (Å²) in [6.45, 7) is 0.973. The highest BCUT2D eigenvalue weighted by atomic mass is 32.1. The molecule has 3 N–H and O–H groups in total. The number of carbonyl (C=O) groups excluding carboxylic acids is 1. The van der Waals surface area contributed by atoms with Crippen molar-refractivity contribution in [3.63, 3.8) is 0 Å². The highest BCUT2D eigenvalue weighted by Gasteiger charge is 2.17. The van der Waals surface area contributed by atoms with Crippen molar-refractivity contribution < 1.29 is 9.53 Å². The lowest BCUT2D eigenvalue weighted by atomic mass is 10.1. The molecule has 4 nitrogen and oxygen atoms in total. The van der Waals surface area contributed by atoms with Crippen molar-refractivity contribution in [3.8, 4) is 0 Å². The molecule has 0 saturated heterocycles. The summed E-state index contributed by atoms with van der Waals surface area (Å²) in [5.74, 6) is 0.404. The highest BCUT2D eigenvalue weighted by Crippen LogP contribution is 2.31. The van der Waals surface area contributed by atoms with Crippen LogP contribution in [0.5, 0.6) is 0 Å². The first-order valence-corrected chi connectivity index (χ1v) is 6.74. The Morgan fingerprint density at radius 2 is 2.29 bits per heavy atom. The second-order valence-corrected chi connectivity index (χ2v) is 5.47. The van der Waals surface area contributed by atoms with Gasteiger partial charge in [-0.25, -0.2) is 4.79 Å². The number of thiophene rings is 1. The van der Waals surface area contributed by atoms with Gasteiger partial charge in [-0.3, -0.25) is 0 Å². The Bertz CT molecular complexity index is 397. The van der Waals surface area contributed by atoms with Crippen molar-refractivity contribution in [2.24, 2.45) is 5.92 Å². The van der Waals surface area contributed by atoms with Gasteiger partial charge in [-0.05, 0) is 24.8 Å². The van der Waals surface area contributed by atoms with E-state index in [1.54, 1.807) is 0 Å². The van der Waals surface area contributed by atoms with Crippen molar-refractivity contribution >= 4 is 28.0 Å². The number of hydrogen-bond acceptors (Lipinski definition) is 5. The summed E-state index contributed by atoms with van der Waals surface area (Å²) in [5, 5.41) is 4.31. The summed E-state index contributed by atoms with van der Waals surface area (Å²) in [6, 6.07) is 1.81. The van der Waals surface area contributed by atoms with E-state index in [-0.39, 0.29) is 5.97 Å². The molecule has 0 amide bonds. The molecule has 0 aliphatic heterocycles. The van der Waals surface area contributed by atoms with Crippen LogP contribution in [0.3, 0.4) is 0 Å². The van der Waals surface area contributed by atoms with E-state index >= 15 is 0 Å². The minimum atomic E-state index is -0.360. The summed E-state index contributed by atoms with van der Waals surface area (Å²) >= 11 is 1.36. The maximum absolute atomic E-state index is 11.4. The van der Waals surface area contributed by atoms with Crippen LogP contribution in [0.4, 0.5) is 10.7 Å². The number of nitrogen functional groups attached to an aromatic ring is 1. The third-order valence-electron chi connectivity index (χ3n) is 3.17. The Hall–Kier alpha value is -1.23. The van der Waals surface area contributed by atoms with Gasteiger partial charge < -0.3 is 15.8 Å². The van der Waals surface area contributed by atoms with Crippen LogP contribution >= 0.6 is 11.3 Å². The zero-order chi connectivity index (χ0) is 12.3. The van der Waals surface area contributed by atoms with E-state index in [9.17, 15) is 4.79 Å². The fraction of sp³-hybridized carbons (Fsp3) is 0.583. The van der Waals surface area contributed by atoms with Gasteiger partial charge in [0.15, 0.2) is 0 Å². The smallest absolute Gasteiger partial charge is 0.350 e. The number of nitrogens with two attached hydrogens (primary N) is 1. The summed E-state index contributed by atoms with van der Waals surface area (Å²) in [6.07, 6.45) is 5.29. The molecule has 1 aromatic heterocycles. The van der Waals surface area contributed by atoms with Gasteiger partial charge in [-0.15, -0.1) is 11.3 Å². The van der Waals surface area contributed by atoms with E-state index in [1.807, 2.05) is 6.07 Å². The number of anilines is 2. The zero-order valence-electron chi connectivity index (χ0n) is 9.99. The van der Waals surface area contributed by atoms with Gasteiger partial charge in [0.2, 0.25) is 0 Å². The molecule has 0 unspecified atom stereocenters. The van der Waals surface area contributed by atoms with Crippen LogP contribution in [-0.4, -0.2) is 19.6 Å². The third kappa shape index (κ3) is 2.91. The Morgan fingerprint density at radius 1 is 1.59 bits per heavy atom. The molecule has 0 atom stereocenters. The highest BCUT2D eigenvalue weighted by molar-refractivity contribution is 7.18. The van der Waals surface area contributed by atoms with Crippen LogP contribution in [-0.2, 0) is 4.74 Å². The van der Waals surface area contributed by atoms with Crippen molar-refractivity contribution in [3.05, 3.63) is 10.9 Å². The lowest BCUT2D eigenvalue weighted by molar-refractivity contribution is 0.0607. The first-order chi connectivity index (χ1) is 8.20. The maximum atomic E-state index is 11.4. The fourth-order valence-electron chi connectivity index (χ4n) is 2.20. The van der Waals surface area contributed by atoms with E-state index in [2.05, 4.69) is 10.1 Å². The summed E-state index contributed by atoms with van der Waals surface area (Å²) in [4.78, 5) is 11.9. The minimum absolute atomic E-state index is 0.360. The second-order valence-electron chi connectivity index (χ2n) is 4.42. The number of ether oxygens (including phenoxy) is 1. The van der Waals surface area contributed by atoms with E-state index < -0.39 is 0 Å². The van der Waals surface area contributed by atoms with Gasteiger partial charge in [0.05, 0.1) is 17.8 Å². The monoisotopic (exact) mass is 254 g/mol. The van der Waals surface area contributed by atoms with E-state index in [4.69, 9.17) is 5.73 Å². The molecular formula is C12H18N2O2S. The van der Waals surface area contributed by atoms with Gasteiger partial charge in [-0.1, -0.05) is 12.8 Å². The molecule has 1 aliphatic rings. The number of hydrogen-bond donors (Lipinski definition) is 2. The van der Waals surface area contributed by atoms with Crippen LogP contribution in [0.15, 0.2) is 6.07 Å². The molecule has 0 radical (unpaired) electrons. The van der Waals surface area contributed by atoms with E-state index in [1.165, 1.54) is 44.1 Å². The van der Waals surface area contributed by atoms with Gasteiger partial charge >= 0.3 is 5.97 Å². The number of methoxy groups -OCH3 is 1. The van der Waals surface area contributed by atoms with Crippen LogP contribution in [0.1, 0.15) is 35.4 Å². The Kier molecular flexibility index (Phi) is 3.89. The molecule has 1 aromatic rings. The van der Waals surface area contributed by atoms with Crippen LogP contribution in [0.25, 0.3) is 0 Å². The predicted octanol–water partition coefficient (Wildman–Crippen LogP) is 2.72. The maximum Gasteiger partial charge on any atom is 0.350 e. The van der Waals surface area contributed by atoms with Crippen molar-refractivity contribution in [1.82, 2.24) is 0 Å². The molecule has 1 heterocycles. The molecule has 1 aliphatic carbocycles. The fourth-order valence-corrected chi connectivity index (χ4v) is 3.11. The third-order valence-corrected chi connectivity index (χ3v) is 4.26. The Morgan fingerprint density at radius 3 is 2.94 bits per heavy atom. The summed E-state index contributed by atoms with van der Waals surface area (Å²) < 4.78 is 4.67. The molecule has 0 bridgehead atoms.